The molecule has 0 spiro atoms. The largest absolute Gasteiger partial charge is 0.467 e. The molecule has 2 aromatic rings. The minimum atomic E-state index is -0.569. The number of rotatable bonds is 6. The van der Waals surface area contributed by atoms with E-state index in [2.05, 4.69) is 25.2 Å². The first-order valence-corrected chi connectivity index (χ1v) is 9.69. The molecule has 4 rings (SSSR count). The van der Waals surface area contributed by atoms with Gasteiger partial charge in [0, 0.05) is 13.1 Å². The van der Waals surface area contributed by atoms with Crippen molar-refractivity contribution in [1.82, 2.24) is 20.3 Å². The number of piperidine rings is 1. The van der Waals surface area contributed by atoms with Crippen molar-refractivity contribution in [3.63, 3.8) is 0 Å². The molecule has 1 aromatic carbocycles. The van der Waals surface area contributed by atoms with E-state index in [1.807, 2.05) is 0 Å². The van der Waals surface area contributed by atoms with Gasteiger partial charge in [0.1, 0.15) is 5.82 Å². The molecule has 28 heavy (non-hydrogen) atoms. The van der Waals surface area contributed by atoms with E-state index in [4.69, 9.17) is 4.74 Å². The molecule has 1 aliphatic heterocycles. The molecule has 7 nitrogen and oxygen atoms in total. The molecule has 1 N–H and O–H groups in total. The first-order chi connectivity index (χ1) is 13.6. The van der Waals surface area contributed by atoms with Crippen molar-refractivity contribution < 1.29 is 13.9 Å². The Morgan fingerprint density at radius 2 is 1.86 bits per heavy atom. The number of anilines is 1. The average molecular weight is 385 g/mol. The van der Waals surface area contributed by atoms with E-state index in [0.29, 0.717) is 11.8 Å². The predicted octanol–water partition coefficient (Wildman–Crippen LogP) is 2.36. The summed E-state index contributed by atoms with van der Waals surface area (Å²) in [5.41, 5.74) is 0.272. The van der Waals surface area contributed by atoms with Gasteiger partial charge >= 0.3 is 6.01 Å². The molecule has 2 heterocycles. The third kappa shape index (κ3) is 3.76. The molecule has 0 radical (unpaired) electrons. The van der Waals surface area contributed by atoms with Crippen molar-refractivity contribution in [1.29, 1.82) is 0 Å². The Labute approximate surface area is 163 Å². The molecular formula is C20H24FN5O2. The number of ether oxygens (including phenoxy) is 1. The van der Waals surface area contributed by atoms with E-state index in [1.54, 1.807) is 12.1 Å². The standard InChI is InChI=1S/C20H24FN5O2/c1-28-19-24-16(23-18(25-19)26-11-3-2-4-12-26)13-22-17(27)20(9-10-20)14-5-7-15(21)8-6-14/h5-8H,2-4,9-13H2,1H3,(H,22,27). The summed E-state index contributed by atoms with van der Waals surface area (Å²) >= 11 is 0. The van der Waals surface area contributed by atoms with Gasteiger partial charge in [-0.05, 0) is 49.8 Å². The maximum Gasteiger partial charge on any atom is 0.321 e. The Morgan fingerprint density at radius 3 is 2.50 bits per heavy atom. The van der Waals surface area contributed by atoms with Gasteiger partial charge in [0.25, 0.3) is 0 Å². The van der Waals surface area contributed by atoms with E-state index in [1.165, 1.54) is 25.7 Å². The van der Waals surface area contributed by atoms with Gasteiger partial charge in [-0.2, -0.15) is 15.0 Å². The zero-order valence-corrected chi connectivity index (χ0v) is 15.9. The summed E-state index contributed by atoms with van der Waals surface area (Å²) in [5, 5.41) is 2.94. The highest BCUT2D eigenvalue weighted by molar-refractivity contribution is 5.91. The van der Waals surface area contributed by atoms with Crippen LogP contribution in [0.1, 0.15) is 43.5 Å². The second kappa shape index (κ2) is 7.69. The molecule has 1 aliphatic carbocycles. The highest BCUT2D eigenvalue weighted by Gasteiger charge is 2.51. The number of amides is 1. The number of carbonyl (C=O) groups is 1. The maximum absolute atomic E-state index is 13.2. The second-order valence-corrected chi connectivity index (χ2v) is 7.36. The van der Waals surface area contributed by atoms with E-state index >= 15 is 0 Å². The van der Waals surface area contributed by atoms with Gasteiger partial charge in [0.2, 0.25) is 11.9 Å². The minimum Gasteiger partial charge on any atom is -0.467 e. The lowest BCUT2D eigenvalue weighted by molar-refractivity contribution is -0.123. The van der Waals surface area contributed by atoms with Crippen LogP contribution in [-0.4, -0.2) is 41.1 Å². The molecule has 2 fully saturated rings. The van der Waals surface area contributed by atoms with Crippen molar-refractivity contribution in [3.05, 3.63) is 41.5 Å². The number of halogens is 1. The zero-order valence-electron chi connectivity index (χ0n) is 15.9. The van der Waals surface area contributed by atoms with Crippen molar-refractivity contribution in [2.24, 2.45) is 0 Å². The SMILES string of the molecule is COc1nc(CNC(=O)C2(c3ccc(F)cc3)CC2)nc(N2CCCCC2)n1. The Balaban J connectivity index is 1.46. The number of benzene rings is 1. The van der Waals surface area contributed by atoms with Gasteiger partial charge in [0.15, 0.2) is 5.82 Å². The summed E-state index contributed by atoms with van der Waals surface area (Å²) in [6, 6.07) is 6.40. The Bertz CT molecular complexity index is 848. The third-order valence-electron chi connectivity index (χ3n) is 5.46. The Morgan fingerprint density at radius 1 is 1.14 bits per heavy atom. The topological polar surface area (TPSA) is 80.2 Å². The summed E-state index contributed by atoms with van der Waals surface area (Å²) in [4.78, 5) is 28.1. The summed E-state index contributed by atoms with van der Waals surface area (Å²) < 4.78 is 18.4. The fourth-order valence-electron chi connectivity index (χ4n) is 3.66. The molecule has 0 bridgehead atoms. The summed E-state index contributed by atoms with van der Waals surface area (Å²) in [5.74, 6) is 0.673. The molecule has 0 atom stereocenters. The number of nitrogens with zero attached hydrogens (tertiary/aromatic N) is 4. The maximum atomic E-state index is 13.2. The fourth-order valence-corrected chi connectivity index (χ4v) is 3.66. The van der Waals surface area contributed by atoms with Gasteiger partial charge < -0.3 is 15.0 Å². The summed E-state index contributed by atoms with van der Waals surface area (Å²) in [6.07, 6.45) is 4.95. The molecule has 1 aromatic heterocycles. The lowest BCUT2D eigenvalue weighted by Crippen LogP contribution is -2.35. The van der Waals surface area contributed by atoms with Crippen LogP contribution in [-0.2, 0) is 16.8 Å². The van der Waals surface area contributed by atoms with Crippen molar-refractivity contribution in [3.8, 4) is 6.01 Å². The van der Waals surface area contributed by atoms with Crippen LogP contribution >= 0.6 is 0 Å². The van der Waals surface area contributed by atoms with E-state index in [9.17, 15) is 9.18 Å². The molecule has 0 unspecified atom stereocenters. The van der Waals surface area contributed by atoms with Crippen LogP contribution in [0.4, 0.5) is 10.3 Å². The number of carbonyl (C=O) groups excluding carboxylic acids is 1. The fraction of sp³-hybridized carbons (Fsp3) is 0.500. The van der Waals surface area contributed by atoms with Crippen LogP contribution in [0.15, 0.2) is 24.3 Å². The number of nitrogens with one attached hydrogen (secondary N) is 1. The molecular weight excluding hydrogens is 361 g/mol. The van der Waals surface area contributed by atoms with Gasteiger partial charge in [-0.15, -0.1) is 0 Å². The normalized spacial score (nSPS) is 17.9. The number of hydrogen-bond acceptors (Lipinski definition) is 6. The van der Waals surface area contributed by atoms with Crippen LogP contribution in [0.5, 0.6) is 6.01 Å². The highest BCUT2D eigenvalue weighted by Crippen LogP contribution is 2.48. The van der Waals surface area contributed by atoms with Gasteiger partial charge in [-0.3, -0.25) is 4.79 Å². The van der Waals surface area contributed by atoms with E-state index in [-0.39, 0.29) is 24.3 Å². The predicted molar refractivity (Wildman–Crippen MR) is 102 cm³/mol. The van der Waals surface area contributed by atoms with Crippen molar-refractivity contribution in [2.45, 2.75) is 44.1 Å². The second-order valence-electron chi connectivity index (χ2n) is 7.36. The molecule has 148 valence electrons. The van der Waals surface area contributed by atoms with Gasteiger partial charge in [-0.25, -0.2) is 4.39 Å². The third-order valence-corrected chi connectivity index (χ3v) is 5.46. The lowest BCUT2D eigenvalue weighted by Gasteiger charge is -2.26. The van der Waals surface area contributed by atoms with Crippen LogP contribution in [0.25, 0.3) is 0 Å². The monoisotopic (exact) mass is 385 g/mol. The van der Waals surface area contributed by atoms with Gasteiger partial charge in [-0.1, -0.05) is 12.1 Å². The van der Waals surface area contributed by atoms with Crippen LogP contribution < -0.4 is 15.0 Å². The van der Waals surface area contributed by atoms with Crippen LogP contribution in [0.3, 0.4) is 0 Å². The average Bonchev–Trinajstić information content (AvgIpc) is 3.55. The first kappa shape index (κ1) is 18.6. The Kier molecular flexibility index (Phi) is 5.11. The molecule has 1 amide bonds. The van der Waals surface area contributed by atoms with Crippen molar-refractivity contribution >= 4 is 11.9 Å². The number of hydrogen-bond donors (Lipinski definition) is 1. The first-order valence-electron chi connectivity index (χ1n) is 9.69. The number of aromatic nitrogens is 3. The molecule has 8 heteroatoms. The van der Waals surface area contributed by atoms with E-state index < -0.39 is 5.41 Å². The summed E-state index contributed by atoms with van der Waals surface area (Å²) in [7, 11) is 1.52. The molecule has 2 aliphatic rings. The van der Waals surface area contributed by atoms with Gasteiger partial charge in [0.05, 0.1) is 19.1 Å². The van der Waals surface area contributed by atoms with Crippen molar-refractivity contribution in [2.75, 3.05) is 25.1 Å². The van der Waals surface area contributed by atoms with Crippen LogP contribution in [0, 0.1) is 5.82 Å². The summed E-state index contributed by atoms with van der Waals surface area (Å²) in [6.45, 7) is 2.01. The highest BCUT2D eigenvalue weighted by atomic mass is 19.1. The minimum absolute atomic E-state index is 0.0852. The Hall–Kier alpha value is -2.77. The quantitative estimate of drug-likeness (QED) is 0.822. The molecule has 1 saturated carbocycles. The number of methoxy groups -OCH3 is 1. The van der Waals surface area contributed by atoms with Crippen LogP contribution in [0.2, 0.25) is 0 Å². The smallest absolute Gasteiger partial charge is 0.321 e. The zero-order chi connectivity index (χ0) is 19.6. The lowest BCUT2D eigenvalue weighted by atomic mass is 9.95. The van der Waals surface area contributed by atoms with E-state index in [0.717, 1.165) is 44.3 Å². The molecule has 1 saturated heterocycles.